The number of esters is 1. The van der Waals surface area contributed by atoms with Crippen LogP contribution in [0.15, 0.2) is 54.6 Å². The van der Waals surface area contributed by atoms with Crippen LogP contribution in [0.3, 0.4) is 0 Å². The number of amides is 1. The largest absolute Gasteiger partial charge is 0.454 e. The van der Waals surface area contributed by atoms with Crippen molar-refractivity contribution in [3.05, 3.63) is 77.1 Å². The van der Waals surface area contributed by atoms with Gasteiger partial charge < -0.3 is 4.74 Å². The highest BCUT2D eigenvalue weighted by Gasteiger charge is 2.26. The Bertz CT molecular complexity index is 1020. The molecule has 0 spiro atoms. The highest BCUT2D eigenvalue weighted by atomic mass is 16.5. The second kappa shape index (κ2) is 7.91. The molecule has 0 radical (unpaired) electrons. The number of fused-ring (bicyclic) bond motifs is 2. The molecule has 1 aliphatic rings. The van der Waals surface area contributed by atoms with Crippen LogP contribution in [0.4, 0.5) is 11.4 Å². The van der Waals surface area contributed by atoms with E-state index in [0.717, 1.165) is 46.7 Å². The third-order valence-corrected chi connectivity index (χ3v) is 5.12. The Morgan fingerprint density at radius 2 is 1.55 bits per heavy atom. The lowest BCUT2D eigenvalue weighted by molar-refractivity contribution is -0.148. The molecular weight excluding hydrogens is 366 g/mol. The molecule has 1 aliphatic heterocycles. The molecule has 6 heteroatoms. The molecule has 1 aromatic heterocycles. The summed E-state index contributed by atoms with van der Waals surface area (Å²) in [6.45, 7) is 3.41. The highest BCUT2D eigenvalue weighted by Crippen LogP contribution is 2.35. The number of hydrogen-bond donors (Lipinski definition) is 0. The minimum Gasteiger partial charge on any atom is -0.454 e. The number of aromatic nitrogens is 2. The van der Waals surface area contributed by atoms with E-state index < -0.39 is 5.97 Å². The molecule has 0 bridgehead atoms. The topological polar surface area (TPSA) is 64.4 Å². The molecular formula is C23H23N3O3. The summed E-state index contributed by atoms with van der Waals surface area (Å²) in [4.78, 5) is 27.1. The number of hydrogen-bond acceptors (Lipinski definition) is 4. The van der Waals surface area contributed by atoms with Gasteiger partial charge in [0.15, 0.2) is 6.61 Å². The van der Waals surface area contributed by atoms with Crippen molar-refractivity contribution < 1.29 is 14.3 Å². The van der Waals surface area contributed by atoms with E-state index >= 15 is 0 Å². The Labute approximate surface area is 169 Å². The van der Waals surface area contributed by atoms with Crippen molar-refractivity contribution >= 4 is 23.3 Å². The number of nitrogens with zero attached hydrogens (tertiary/aromatic N) is 3. The Hall–Kier alpha value is -3.41. The fourth-order valence-corrected chi connectivity index (χ4v) is 3.76. The number of para-hydroxylation sites is 2. The molecule has 0 atom stereocenters. The first-order valence-corrected chi connectivity index (χ1v) is 9.68. The standard InChI is InChI=1S/C23H23N3O3/c1-16-13-17(2)25(24-16)14-23(28)29-15-22(27)26-20-9-5-3-7-18(20)11-12-19-8-4-6-10-21(19)26/h3-10,13H,11-12,14-15H2,1-2H3. The quantitative estimate of drug-likeness (QED) is 0.641. The second-order valence-corrected chi connectivity index (χ2v) is 7.23. The Balaban J connectivity index is 1.53. The summed E-state index contributed by atoms with van der Waals surface area (Å²) < 4.78 is 6.89. The van der Waals surface area contributed by atoms with Gasteiger partial charge in [-0.15, -0.1) is 0 Å². The zero-order valence-corrected chi connectivity index (χ0v) is 16.6. The van der Waals surface area contributed by atoms with Gasteiger partial charge in [-0.05, 0) is 56.0 Å². The van der Waals surface area contributed by atoms with Crippen LogP contribution in [0.25, 0.3) is 0 Å². The van der Waals surface area contributed by atoms with E-state index in [2.05, 4.69) is 5.10 Å². The fraction of sp³-hybridized carbons (Fsp3) is 0.261. The van der Waals surface area contributed by atoms with E-state index in [-0.39, 0.29) is 19.1 Å². The van der Waals surface area contributed by atoms with Crippen LogP contribution in [0, 0.1) is 13.8 Å². The SMILES string of the molecule is Cc1cc(C)n(CC(=O)OCC(=O)N2c3ccccc3CCc3ccccc32)n1. The predicted octanol–water partition coefficient (Wildman–Crippen LogP) is 3.51. The van der Waals surface area contributed by atoms with Crippen LogP contribution < -0.4 is 4.90 Å². The second-order valence-electron chi connectivity index (χ2n) is 7.23. The smallest absolute Gasteiger partial charge is 0.328 e. The zero-order valence-electron chi connectivity index (χ0n) is 16.6. The van der Waals surface area contributed by atoms with Crippen LogP contribution >= 0.6 is 0 Å². The molecule has 0 aliphatic carbocycles. The van der Waals surface area contributed by atoms with Gasteiger partial charge in [0.05, 0.1) is 17.1 Å². The van der Waals surface area contributed by atoms with E-state index in [0.29, 0.717) is 0 Å². The van der Waals surface area contributed by atoms with E-state index in [1.54, 1.807) is 9.58 Å². The summed E-state index contributed by atoms with van der Waals surface area (Å²) in [6.07, 6.45) is 1.71. The number of carbonyl (C=O) groups is 2. The monoisotopic (exact) mass is 389 g/mol. The first-order valence-electron chi connectivity index (χ1n) is 9.68. The first kappa shape index (κ1) is 18.9. The van der Waals surface area contributed by atoms with Gasteiger partial charge in [0.1, 0.15) is 6.54 Å². The summed E-state index contributed by atoms with van der Waals surface area (Å²) >= 11 is 0. The summed E-state index contributed by atoms with van der Waals surface area (Å²) in [5.41, 5.74) is 5.61. The van der Waals surface area contributed by atoms with Crippen molar-refractivity contribution in [2.45, 2.75) is 33.2 Å². The van der Waals surface area contributed by atoms with Gasteiger partial charge >= 0.3 is 5.97 Å². The molecule has 148 valence electrons. The molecule has 3 aromatic rings. The Morgan fingerprint density at radius 3 is 2.10 bits per heavy atom. The maximum absolute atomic E-state index is 13.1. The fourth-order valence-electron chi connectivity index (χ4n) is 3.76. The normalized spacial score (nSPS) is 12.7. The summed E-state index contributed by atoms with van der Waals surface area (Å²) in [7, 11) is 0. The predicted molar refractivity (Wildman–Crippen MR) is 110 cm³/mol. The molecule has 29 heavy (non-hydrogen) atoms. The summed E-state index contributed by atoms with van der Waals surface area (Å²) in [5, 5.41) is 4.26. The van der Waals surface area contributed by atoms with Gasteiger partial charge in [0.25, 0.3) is 5.91 Å². The Kier molecular flexibility index (Phi) is 5.16. The van der Waals surface area contributed by atoms with Gasteiger partial charge in [0.2, 0.25) is 0 Å². The van der Waals surface area contributed by atoms with Gasteiger partial charge in [-0.1, -0.05) is 36.4 Å². The van der Waals surface area contributed by atoms with Gasteiger partial charge in [-0.3, -0.25) is 19.2 Å². The van der Waals surface area contributed by atoms with E-state index in [4.69, 9.17) is 4.74 Å². The molecule has 0 N–H and O–H groups in total. The average molecular weight is 389 g/mol. The summed E-state index contributed by atoms with van der Waals surface area (Å²) in [6, 6.07) is 17.6. The summed E-state index contributed by atoms with van der Waals surface area (Å²) in [5.74, 6) is -0.755. The van der Waals surface area contributed by atoms with Crippen molar-refractivity contribution in [1.82, 2.24) is 9.78 Å². The van der Waals surface area contributed by atoms with E-state index in [1.807, 2.05) is 68.4 Å². The lowest BCUT2D eigenvalue weighted by Gasteiger charge is -2.24. The molecule has 0 saturated carbocycles. The van der Waals surface area contributed by atoms with Crippen molar-refractivity contribution in [3.63, 3.8) is 0 Å². The molecule has 0 unspecified atom stereocenters. The van der Waals surface area contributed by atoms with Crippen LogP contribution in [-0.2, 0) is 33.7 Å². The van der Waals surface area contributed by atoms with Crippen LogP contribution in [0.2, 0.25) is 0 Å². The van der Waals surface area contributed by atoms with Gasteiger partial charge in [0, 0.05) is 5.69 Å². The lowest BCUT2D eigenvalue weighted by Crippen LogP contribution is -2.32. The van der Waals surface area contributed by atoms with Gasteiger partial charge in [-0.2, -0.15) is 5.10 Å². The molecule has 1 amide bonds. The number of rotatable bonds is 4. The van der Waals surface area contributed by atoms with Gasteiger partial charge in [-0.25, -0.2) is 0 Å². The molecule has 2 aromatic carbocycles. The van der Waals surface area contributed by atoms with Crippen LogP contribution in [0.5, 0.6) is 0 Å². The minimum atomic E-state index is -0.485. The number of benzene rings is 2. The van der Waals surface area contributed by atoms with Crippen LogP contribution in [0.1, 0.15) is 22.5 Å². The van der Waals surface area contributed by atoms with Crippen molar-refractivity contribution in [2.24, 2.45) is 0 Å². The number of ether oxygens (including phenoxy) is 1. The first-order chi connectivity index (χ1) is 14.0. The molecule has 4 rings (SSSR count). The molecule has 0 fully saturated rings. The molecule has 2 heterocycles. The lowest BCUT2D eigenvalue weighted by atomic mass is 10.0. The maximum Gasteiger partial charge on any atom is 0.328 e. The minimum absolute atomic E-state index is 0.0138. The number of aryl methyl sites for hydroxylation is 4. The third kappa shape index (κ3) is 3.92. The Morgan fingerprint density at radius 1 is 0.966 bits per heavy atom. The van der Waals surface area contributed by atoms with Crippen molar-refractivity contribution in [2.75, 3.05) is 11.5 Å². The molecule has 6 nitrogen and oxygen atoms in total. The number of anilines is 2. The number of carbonyl (C=O) groups excluding carboxylic acids is 2. The van der Waals surface area contributed by atoms with E-state index in [1.165, 1.54) is 0 Å². The van der Waals surface area contributed by atoms with E-state index in [9.17, 15) is 9.59 Å². The van der Waals surface area contributed by atoms with Crippen LogP contribution in [-0.4, -0.2) is 28.3 Å². The highest BCUT2D eigenvalue weighted by molar-refractivity contribution is 6.03. The average Bonchev–Trinajstić information content (AvgIpc) is 2.93. The maximum atomic E-state index is 13.1. The third-order valence-electron chi connectivity index (χ3n) is 5.12. The van der Waals surface area contributed by atoms with Crippen molar-refractivity contribution in [3.8, 4) is 0 Å². The van der Waals surface area contributed by atoms with Crippen molar-refractivity contribution in [1.29, 1.82) is 0 Å². The zero-order chi connectivity index (χ0) is 20.4. The molecule has 0 saturated heterocycles.